The first-order chi connectivity index (χ1) is 5.29. The number of hydrogen-bond acceptors (Lipinski definition) is 2. The second-order valence-corrected chi connectivity index (χ2v) is 2.84. The fourth-order valence-electron chi connectivity index (χ4n) is 1.47. The number of likely N-dealkylation sites (N-methyl/N-ethyl adjacent to an activating group) is 1. The highest BCUT2D eigenvalue weighted by Gasteiger charge is 2.17. The van der Waals surface area contributed by atoms with Gasteiger partial charge < -0.3 is 9.88 Å². The predicted molar refractivity (Wildman–Crippen MR) is 44.0 cm³/mol. The Hall–Kier alpha value is -1.25. The van der Waals surface area contributed by atoms with Crippen LogP contribution in [0, 0.1) is 0 Å². The highest BCUT2D eigenvalue weighted by molar-refractivity contribution is 5.50. The number of nitrogens with one attached hydrogen (secondary N) is 1. The Balaban J connectivity index is 2.66. The van der Waals surface area contributed by atoms with E-state index in [2.05, 4.69) is 9.88 Å². The van der Waals surface area contributed by atoms with Crippen molar-refractivity contribution in [3.05, 3.63) is 28.0 Å². The lowest BCUT2D eigenvalue weighted by Gasteiger charge is -2.09. The molecule has 1 aromatic rings. The van der Waals surface area contributed by atoms with Gasteiger partial charge in [-0.25, -0.2) is 0 Å². The number of anilines is 1. The van der Waals surface area contributed by atoms with Gasteiger partial charge in [0.2, 0.25) is 0 Å². The topological polar surface area (TPSA) is 36.1 Å². The summed E-state index contributed by atoms with van der Waals surface area (Å²) in [4.78, 5) is 16.3. The van der Waals surface area contributed by atoms with Gasteiger partial charge in [0, 0.05) is 31.4 Å². The van der Waals surface area contributed by atoms with Crippen molar-refractivity contribution >= 4 is 5.82 Å². The van der Waals surface area contributed by atoms with Crippen LogP contribution in [0.15, 0.2) is 17.1 Å². The van der Waals surface area contributed by atoms with Crippen LogP contribution in [0.25, 0.3) is 0 Å². The smallest absolute Gasteiger partial charge is 0.186 e. The normalized spacial score (nSPS) is 15.2. The summed E-state index contributed by atoms with van der Waals surface area (Å²) in [5.41, 5.74) is 1.08. The van der Waals surface area contributed by atoms with E-state index >= 15 is 0 Å². The third-order valence-electron chi connectivity index (χ3n) is 2.12. The van der Waals surface area contributed by atoms with Crippen LogP contribution in [0.5, 0.6) is 0 Å². The molecule has 1 N–H and O–H groups in total. The molecule has 0 radical (unpaired) electrons. The van der Waals surface area contributed by atoms with Crippen molar-refractivity contribution in [2.45, 2.75) is 6.42 Å². The van der Waals surface area contributed by atoms with Gasteiger partial charge in [-0.1, -0.05) is 0 Å². The SMILES string of the molecule is CN1CCc2c1[nH]ccc2=O. The average molecular weight is 150 g/mol. The second-order valence-electron chi connectivity index (χ2n) is 2.84. The Labute approximate surface area is 64.7 Å². The van der Waals surface area contributed by atoms with Crippen molar-refractivity contribution in [1.82, 2.24) is 4.98 Å². The first-order valence-corrected chi connectivity index (χ1v) is 3.71. The molecule has 3 nitrogen and oxygen atoms in total. The number of H-pyrrole nitrogens is 1. The molecule has 1 aliphatic heterocycles. The van der Waals surface area contributed by atoms with Crippen LogP contribution in [0.1, 0.15) is 5.56 Å². The largest absolute Gasteiger partial charge is 0.361 e. The van der Waals surface area contributed by atoms with E-state index in [-0.39, 0.29) is 5.43 Å². The van der Waals surface area contributed by atoms with Gasteiger partial charge in [-0.15, -0.1) is 0 Å². The van der Waals surface area contributed by atoms with Crippen LogP contribution in [0.4, 0.5) is 5.82 Å². The highest BCUT2D eigenvalue weighted by Crippen LogP contribution is 2.19. The van der Waals surface area contributed by atoms with Gasteiger partial charge in [0.25, 0.3) is 0 Å². The molecule has 0 spiro atoms. The summed E-state index contributed by atoms with van der Waals surface area (Å²) in [6, 6.07) is 1.58. The average Bonchev–Trinajstić information content (AvgIpc) is 2.35. The maximum atomic E-state index is 11.2. The zero-order valence-corrected chi connectivity index (χ0v) is 6.42. The summed E-state index contributed by atoms with van der Waals surface area (Å²) in [5.74, 6) is 0.984. The van der Waals surface area contributed by atoms with Crippen LogP contribution < -0.4 is 10.3 Å². The van der Waals surface area contributed by atoms with E-state index in [0.29, 0.717) is 0 Å². The summed E-state index contributed by atoms with van der Waals surface area (Å²) in [6.07, 6.45) is 2.57. The van der Waals surface area contributed by atoms with Crippen molar-refractivity contribution in [3.63, 3.8) is 0 Å². The molecule has 2 heterocycles. The second kappa shape index (κ2) is 2.12. The van der Waals surface area contributed by atoms with E-state index in [1.807, 2.05) is 7.05 Å². The molecule has 1 aliphatic rings. The Bertz CT molecular complexity index is 329. The lowest BCUT2D eigenvalue weighted by atomic mass is 10.2. The number of fused-ring (bicyclic) bond motifs is 1. The molecule has 0 saturated carbocycles. The predicted octanol–water partition coefficient (Wildman–Crippen LogP) is 0.367. The number of aromatic nitrogens is 1. The van der Waals surface area contributed by atoms with Gasteiger partial charge in [-0.05, 0) is 6.42 Å². The fraction of sp³-hybridized carbons (Fsp3) is 0.375. The lowest BCUT2D eigenvalue weighted by Crippen LogP contribution is -2.14. The fourth-order valence-corrected chi connectivity index (χ4v) is 1.47. The molecule has 2 rings (SSSR count). The minimum Gasteiger partial charge on any atom is -0.361 e. The van der Waals surface area contributed by atoms with Crippen LogP contribution in [0.3, 0.4) is 0 Å². The van der Waals surface area contributed by atoms with Gasteiger partial charge in [0.05, 0.1) is 0 Å². The summed E-state index contributed by atoms with van der Waals surface area (Å²) >= 11 is 0. The molecule has 0 saturated heterocycles. The van der Waals surface area contributed by atoms with Gasteiger partial charge in [-0.3, -0.25) is 4.79 Å². The highest BCUT2D eigenvalue weighted by atomic mass is 16.1. The van der Waals surface area contributed by atoms with E-state index in [1.165, 1.54) is 0 Å². The molecule has 0 bridgehead atoms. The van der Waals surface area contributed by atoms with Gasteiger partial charge in [0.15, 0.2) is 5.43 Å². The van der Waals surface area contributed by atoms with Crippen LogP contribution >= 0.6 is 0 Å². The molecule has 11 heavy (non-hydrogen) atoms. The molecule has 1 aromatic heterocycles. The minimum atomic E-state index is 0.156. The molecular formula is C8H10N2O. The molecule has 0 unspecified atom stereocenters. The monoisotopic (exact) mass is 150 g/mol. The summed E-state index contributed by atoms with van der Waals surface area (Å²) in [6.45, 7) is 0.949. The van der Waals surface area contributed by atoms with Crippen LogP contribution in [-0.2, 0) is 6.42 Å². The molecule has 0 aromatic carbocycles. The van der Waals surface area contributed by atoms with Gasteiger partial charge >= 0.3 is 0 Å². The van der Waals surface area contributed by atoms with Gasteiger partial charge in [-0.2, -0.15) is 0 Å². The Morgan fingerprint density at radius 3 is 3.18 bits per heavy atom. The Morgan fingerprint density at radius 1 is 1.64 bits per heavy atom. The quantitative estimate of drug-likeness (QED) is 0.580. The third kappa shape index (κ3) is 0.843. The minimum absolute atomic E-state index is 0.156. The number of nitrogens with zero attached hydrogens (tertiary/aromatic N) is 1. The summed E-state index contributed by atoms with van der Waals surface area (Å²) in [5, 5.41) is 0. The van der Waals surface area contributed by atoms with Crippen LogP contribution in [0.2, 0.25) is 0 Å². The molecule has 0 atom stereocenters. The van der Waals surface area contributed by atoms with E-state index in [4.69, 9.17) is 0 Å². The van der Waals surface area contributed by atoms with Gasteiger partial charge in [0.1, 0.15) is 5.82 Å². The van der Waals surface area contributed by atoms with Crippen LogP contribution in [-0.4, -0.2) is 18.6 Å². The third-order valence-corrected chi connectivity index (χ3v) is 2.12. The van der Waals surface area contributed by atoms with Crippen molar-refractivity contribution < 1.29 is 0 Å². The standard InChI is InChI=1S/C8H10N2O/c1-10-5-3-6-7(11)2-4-9-8(6)10/h2,4H,3,5H2,1H3,(H,9,11). The first kappa shape index (κ1) is 6.46. The summed E-state index contributed by atoms with van der Waals surface area (Å²) < 4.78 is 0. The van der Waals surface area contributed by atoms with E-state index in [1.54, 1.807) is 12.3 Å². The molecule has 0 fully saturated rings. The maximum absolute atomic E-state index is 11.2. The van der Waals surface area contributed by atoms with Crippen molar-refractivity contribution in [3.8, 4) is 0 Å². The number of rotatable bonds is 0. The van der Waals surface area contributed by atoms with E-state index in [0.717, 1.165) is 24.3 Å². The zero-order valence-electron chi connectivity index (χ0n) is 6.42. The lowest BCUT2D eigenvalue weighted by molar-refractivity contribution is 0.944. The summed E-state index contributed by atoms with van der Waals surface area (Å²) in [7, 11) is 1.99. The molecule has 58 valence electrons. The van der Waals surface area contributed by atoms with E-state index in [9.17, 15) is 4.79 Å². The molecule has 0 aliphatic carbocycles. The Morgan fingerprint density at radius 2 is 2.45 bits per heavy atom. The number of hydrogen-bond donors (Lipinski definition) is 1. The molecule has 3 heteroatoms. The zero-order chi connectivity index (χ0) is 7.84. The number of pyridine rings is 1. The Kier molecular flexibility index (Phi) is 1.24. The molecular weight excluding hydrogens is 140 g/mol. The van der Waals surface area contributed by atoms with Crippen molar-refractivity contribution in [1.29, 1.82) is 0 Å². The number of aromatic amines is 1. The van der Waals surface area contributed by atoms with E-state index < -0.39 is 0 Å². The first-order valence-electron chi connectivity index (χ1n) is 3.71. The van der Waals surface area contributed by atoms with Crippen molar-refractivity contribution in [2.75, 3.05) is 18.5 Å². The van der Waals surface area contributed by atoms with Crippen molar-refractivity contribution in [2.24, 2.45) is 0 Å². The maximum Gasteiger partial charge on any atom is 0.186 e. The molecule has 0 amide bonds.